The fraction of sp³-hybridized carbons (Fsp3) is 0. The van der Waals surface area contributed by atoms with E-state index in [0.717, 1.165) is 0 Å². The minimum absolute atomic E-state index is 0.0470. The molecule has 76 valence electrons. The quantitative estimate of drug-likeness (QED) is 0.810. The van der Waals surface area contributed by atoms with Crippen LogP contribution in [-0.2, 0) is 0 Å². The molecule has 0 spiro atoms. The first kappa shape index (κ1) is 9.39. The van der Waals surface area contributed by atoms with Crippen molar-refractivity contribution in [3.8, 4) is 11.3 Å². The van der Waals surface area contributed by atoms with Gasteiger partial charge in [0.25, 0.3) is 5.91 Å². The van der Waals surface area contributed by atoms with E-state index in [9.17, 15) is 9.18 Å². The molecule has 15 heavy (non-hydrogen) atoms. The van der Waals surface area contributed by atoms with E-state index in [1.54, 1.807) is 12.1 Å². The number of aromatic nitrogens is 1. The molecule has 0 saturated heterocycles. The first-order valence-electron chi connectivity index (χ1n) is 4.19. The lowest BCUT2D eigenvalue weighted by Crippen LogP contribution is -2.09. The van der Waals surface area contributed by atoms with Gasteiger partial charge in [-0.2, -0.15) is 0 Å². The highest BCUT2D eigenvalue weighted by molar-refractivity contribution is 5.90. The van der Waals surface area contributed by atoms with Crippen molar-refractivity contribution in [2.45, 2.75) is 0 Å². The summed E-state index contributed by atoms with van der Waals surface area (Å²) in [5.41, 5.74) is 5.90. The third kappa shape index (κ3) is 1.85. The number of rotatable bonds is 2. The molecule has 1 amide bonds. The van der Waals surface area contributed by atoms with E-state index < -0.39 is 5.91 Å². The lowest BCUT2D eigenvalue weighted by atomic mass is 10.1. The molecule has 2 rings (SSSR count). The lowest BCUT2D eigenvalue weighted by Gasteiger charge is -1.93. The smallest absolute Gasteiger partial charge is 0.287 e. The van der Waals surface area contributed by atoms with Gasteiger partial charge < -0.3 is 10.3 Å². The maximum Gasteiger partial charge on any atom is 0.287 e. The number of halogens is 1. The highest BCUT2D eigenvalue weighted by Crippen LogP contribution is 2.19. The van der Waals surface area contributed by atoms with Crippen LogP contribution in [0.1, 0.15) is 10.6 Å². The van der Waals surface area contributed by atoms with Gasteiger partial charge in [-0.05, 0) is 12.1 Å². The Balaban J connectivity index is 2.41. The van der Waals surface area contributed by atoms with Gasteiger partial charge in [-0.25, -0.2) is 4.39 Å². The average molecular weight is 206 g/mol. The fourth-order valence-electron chi connectivity index (χ4n) is 1.18. The summed E-state index contributed by atoms with van der Waals surface area (Å²) in [6.07, 6.45) is 0. The first-order valence-corrected chi connectivity index (χ1v) is 4.19. The van der Waals surface area contributed by atoms with Crippen LogP contribution < -0.4 is 5.73 Å². The third-order valence-electron chi connectivity index (χ3n) is 1.87. The van der Waals surface area contributed by atoms with Crippen LogP contribution in [-0.4, -0.2) is 11.1 Å². The standard InChI is InChI=1S/C10H7FN2O2/c11-7-3-1-2-6(4-7)8-5-9(10(12)14)15-13-8/h1-5H,(H2,12,14). The van der Waals surface area contributed by atoms with E-state index >= 15 is 0 Å². The summed E-state index contributed by atoms with van der Waals surface area (Å²) < 4.78 is 17.5. The number of benzene rings is 1. The molecule has 0 aliphatic rings. The van der Waals surface area contributed by atoms with E-state index in [4.69, 9.17) is 5.73 Å². The Morgan fingerprint density at radius 2 is 2.20 bits per heavy atom. The number of hydrogen-bond donors (Lipinski definition) is 1. The molecule has 2 N–H and O–H groups in total. The van der Waals surface area contributed by atoms with Crippen molar-refractivity contribution in [3.05, 3.63) is 41.9 Å². The van der Waals surface area contributed by atoms with E-state index in [1.807, 2.05) is 0 Å². The fourth-order valence-corrected chi connectivity index (χ4v) is 1.18. The van der Waals surface area contributed by atoms with Crippen molar-refractivity contribution >= 4 is 5.91 Å². The van der Waals surface area contributed by atoms with Gasteiger partial charge in [0, 0.05) is 11.6 Å². The molecular formula is C10H7FN2O2. The van der Waals surface area contributed by atoms with Gasteiger partial charge >= 0.3 is 0 Å². The van der Waals surface area contributed by atoms with Crippen molar-refractivity contribution in [1.29, 1.82) is 0 Å². The second-order valence-corrected chi connectivity index (χ2v) is 2.95. The molecule has 0 bridgehead atoms. The number of nitrogens with zero attached hydrogens (tertiary/aromatic N) is 1. The van der Waals surface area contributed by atoms with Crippen LogP contribution in [0.4, 0.5) is 4.39 Å². The monoisotopic (exact) mass is 206 g/mol. The van der Waals surface area contributed by atoms with Crippen molar-refractivity contribution < 1.29 is 13.7 Å². The second-order valence-electron chi connectivity index (χ2n) is 2.95. The van der Waals surface area contributed by atoms with Gasteiger partial charge in [-0.3, -0.25) is 4.79 Å². The summed E-state index contributed by atoms with van der Waals surface area (Å²) in [6, 6.07) is 7.19. The molecule has 0 aliphatic heterocycles. The zero-order valence-corrected chi connectivity index (χ0v) is 7.61. The SMILES string of the molecule is NC(=O)c1cc(-c2cccc(F)c2)no1. The number of nitrogens with two attached hydrogens (primary N) is 1. The Labute approximate surface area is 84.5 Å². The summed E-state index contributed by atoms with van der Waals surface area (Å²) >= 11 is 0. The summed E-state index contributed by atoms with van der Waals surface area (Å²) in [6.45, 7) is 0. The Morgan fingerprint density at radius 3 is 2.80 bits per heavy atom. The maximum atomic E-state index is 12.9. The zero-order chi connectivity index (χ0) is 10.8. The molecule has 1 heterocycles. The minimum Gasteiger partial charge on any atom is -0.363 e. The molecule has 0 aliphatic carbocycles. The van der Waals surface area contributed by atoms with E-state index in [0.29, 0.717) is 11.3 Å². The lowest BCUT2D eigenvalue weighted by molar-refractivity contribution is 0.0965. The van der Waals surface area contributed by atoms with Gasteiger partial charge in [-0.1, -0.05) is 17.3 Å². The largest absolute Gasteiger partial charge is 0.363 e. The van der Waals surface area contributed by atoms with Gasteiger partial charge in [-0.15, -0.1) is 0 Å². The predicted molar refractivity (Wildman–Crippen MR) is 50.4 cm³/mol. The first-order chi connectivity index (χ1) is 7.16. The van der Waals surface area contributed by atoms with Gasteiger partial charge in [0.2, 0.25) is 5.76 Å². The Hall–Kier alpha value is -2.17. The number of carbonyl (C=O) groups excluding carboxylic acids is 1. The highest BCUT2D eigenvalue weighted by atomic mass is 19.1. The van der Waals surface area contributed by atoms with Crippen molar-refractivity contribution in [2.24, 2.45) is 5.73 Å². The molecule has 0 saturated carbocycles. The van der Waals surface area contributed by atoms with Crippen molar-refractivity contribution in [1.82, 2.24) is 5.16 Å². The van der Waals surface area contributed by atoms with Crippen LogP contribution in [0, 0.1) is 5.82 Å². The molecule has 0 atom stereocenters. The van der Waals surface area contributed by atoms with Crippen LogP contribution >= 0.6 is 0 Å². The molecule has 5 heteroatoms. The highest BCUT2D eigenvalue weighted by Gasteiger charge is 2.10. The molecule has 0 fully saturated rings. The van der Waals surface area contributed by atoms with Crippen LogP contribution in [0.2, 0.25) is 0 Å². The number of carbonyl (C=O) groups is 1. The third-order valence-corrected chi connectivity index (χ3v) is 1.87. The Bertz CT molecular complexity index is 508. The molecule has 0 unspecified atom stereocenters. The molecule has 0 radical (unpaired) electrons. The summed E-state index contributed by atoms with van der Waals surface area (Å²) in [5.74, 6) is -1.13. The number of hydrogen-bond acceptors (Lipinski definition) is 3. The number of amides is 1. The second kappa shape index (κ2) is 3.53. The molecule has 2 aromatic rings. The Kier molecular flexibility index (Phi) is 2.21. The van der Waals surface area contributed by atoms with Crippen LogP contribution in [0.15, 0.2) is 34.9 Å². The van der Waals surface area contributed by atoms with Crippen LogP contribution in [0.5, 0.6) is 0 Å². The topological polar surface area (TPSA) is 69.1 Å². The summed E-state index contributed by atoms with van der Waals surface area (Å²) in [4.78, 5) is 10.7. The average Bonchev–Trinajstić information content (AvgIpc) is 2.66. The van der Waals surface area contributed by atoms with Gasteiger partial charge in [0.05, 0.1) is 0 Å². The van der Waals surface area contributed by atoms with E-state index in [2.05, 4.69) is 9.68 Å². The minimum atomic E-state index is -0.704. The molecule has 1 aromatic heterocycles. The number of primary amides is 1. The maximum absolute atomic E-state index is 12.9. The normalized spacial score (nSPS) is 10.2. The van der Waals surface area contributed by atoms with Crippen molar-refractivity contribution in [3.63, 3.8) is 0 Å². The van der Waals surface area contributed by atoms with E-state index in [1.165, 1.54) is 18.2 Å². The molecule has 1 aromatic carbocycles. The van der Waals surface area contributed by atoms with Gasteiger partial charge in [0.15, 0.2) is 0 Å². The van der Waals surface area contributed by atoms with Crippen LogP contribution in [0.3, 0.4) is 0 Å². The van der Waals surface area contributed by atoms with Crippen LogP contribution in [0.25, 0.3) is 11.3 Å². The predicted octanol–water partition coefficient (Wildman–Crippen LogP) is 1.58. The van der Waals surface area contributed by atoms with Gasteiger partial charge in [0.1, 0.15) is 11.5 Å². The van der Waals surface area contributed by atoms with E-state index in [-0.39, 0.29) is 11.6 Å². The summed E-state index contributed by atoms with van der Waals surface area (Å²) in [5, 5.41) is 3.61. The van der Waals surface area contributed by atoms with Crippen molar-refractivity contribution in [2.75, 3.05) is 0 Å². The molecular weight excluding hydrogens is 199 g/mol. The zero-order valence-electron chi connectivity index (χ0n) is 7.61. The Morgan fingerprint density at radius 1 is 1.40 bits per heavy atom. The summed E-state index contributed by atoms with van der Waals surface area (Å²) in [7, 11) is 0. The molecule has 4 nitrogen and oxygen atoms in total.